The van der Waals surface area contributed by atoms with Gasteiger partial charge in [0.1, 0.15) is 30.0 Å². The van der Waals surface area contributed by atoms with E-state index in [9.17, 15) is 19.8 Å². The van der Waals surface area contributed by atoms with Gasteiger partial charge in [0.2, 0.25) is 0 Å². The molecule has 0 aromatic heterocycles. The van der Waals surface area contributed by atoms with Crippen molar-refractivity contribution < 1.29 is 34.0 Å². The summed E-state index contributed by atoms with van der Waals surface area (Å²) in [5.41, 5.74) is 0.0640. The molecule has 0 aromatic carbocycles. The van der Waals surface area contributed by atoms with Gasteiger partial charge in [-0.2, -0.15) is 0 Å². The number of carbonyl (C=O) groups is 2. The van der Waals surface area contributed by atoms with Crippen molar-refractivity contribution in [3.05, 3.63) is 11.1 Å². The Bertz CT molecular complexity index is 1040. The van der Waals surface area contributed by atoms with E-state index >= 15 is 0 Å². The summed E-state index contributed by atoms with van der Waals surface area (Å²) in [5.74, 6) is 1.58. The Morgan fingerprint density at radius 1 is 1.14 bits per heavy atom. The van der Waals surface area contributed by atoms with Gasteiger partial charge in [0.15, 0.2) is 5.78 Å². The zero-order valence-electron chi connectivity index (χ0n) is 21.2. The van der Waals surface area contributed by atoms with Gasteiger partial charge in [-0.15, -0.1) is 0 Å². The first-order valence-electron chi connectivity index (χ1n) is 13.7. The molecule has 0 bridgehead atoms. The summed E-state index contributed by atoms with van der Waals surface area (Å²) in [7, 11) is 0. The first-order valence-corrected chi connectivity index (χ1v) is 13.7. The molecule has 0 radical (unpaired) electrons. The lowest BCUT2D eigenvalue weighted by atomic mass is 9.43. The number of aliphatic hydroxyl groups is 2. The fourth-order valence-electron chi connectivity index (χ4n) is 10.3. The van der Waals surface area contributed by atoms with Crippen LogP contribution in [0.2, 0.25) is 0 Å². The Morgan fingerprint density at radius 2 is 1.91 bits per heavy atom. The SMILES string of the molecule is CC1=C(CO)C(=O)OC(C(C)C2CCC3C4CC5OC56C(O)C5OC5C(=O)C6(C)C4CCC23C)C1. The smallest absolute Gasteiger partial charge is 0.336 e. The summed E-state index contributed by atoms with van der Waals surface area (Å²) in [6.45, 7) is 8.42. The highest BCUT2D eigenvalue weighted by Crippen LogP contribution is 2.75. The largest absolute Gasteiger partial charge is 0.458 e. The van der Waals surface area contributed by atoms with Crippen LogP contribution in [0, 0.1) is 40.4 Å². The quantitative estimate of drug-likeness (QED) is 0.466. The molecule has 3 aliphatic heterocycles. The zero-order chi connectivity index (χ0) is 24.7. The van der Waals surface area contributed by atoms with Gasteiger partial charge in [0.25, 0.3) is 0 Å². The summed E-state index contributed by atoms with van der Waals surface area (Å²) < 4.78 is 17.8. The summed E-state index contributed by atoms with van der Waals surface area (Å²) >= 11 is 0. The third-order valence-corrected chi connectivity index (χ3v) is 12.3. The van der Waals surface area contributed by atoms with Crippen molar-refractivity contribution in [2.75, 3.05) is 6.61 Å². The van der Waals surface area contributed by atoms with Crippen LogP contribution in [0.5, 0.6) is 0 Å². The monoisotopic (exact) mass is 486 g/mol. The molecule has 4 saturated carbocycles. The Balaban J connectivity index is 1.16. The van der Waals surface area contributed by atoms with E-state index in [2.05, 4.69) is 20.8 Å². The maximum atomic E-state index is 13.6. The second-order valence-corrected chi connectivity index (χ2v) is 13.2. The van der Waals surface area contributed by atoms with Crippen LogP contribution in [0.3, 0.4) is 0 Å². The lowest BCUT2D eigenvalue weighted by molar-refractivity contribution is -0.162. The number of carbonyl (C=O) groups excluding carboxylic acids is 2. The molecule has 2 N–H and O–H groups in total. The molecule has 7 heteroatoms. The molecular weight excluding hydrogens is 448 g/mol. The Labute approximate surface area is 206 Å². The fraction of sp³-hybridized carbons (Fsp3) is 0.857. The Kier molecular flexibility index (Phi) is 4.56. The van der Waals surface area contributed by atoms with Crippen LogP contribution in [0.1, 0.15) is 66.2 Å². The van der Waals surface area contributed by atoms with Crippen molar-refractivity contribution in [3.8, 4) is 0 Å². The molecule has 1 spiro atoms. The number of cyclic esters (lactones) is 1. The maximum Gasteiger partial charge on any atom is 0.336 e. The van der Waals surface area contributed by atoms with Gasteiger partial charge in [0, 0.05) is 6.42 Å². The molecule has 13 unspecified atom stereocenters. The molecule has 4 aliphatic carbocycles. The molecule has 7 nitrogen and oxygen atoms in total. The number of rotatable bonds is 3. The van der Waals surface area contributed by atoms with Gasteiger partial charge in [-0.25, -0.2) is 4.79 Å². The minimum absolute atomic E-state index is 0.0549. The lowest BCUT2D eigenvalue weighted by Gasteiger charge is -2.58. The number of hydrogen-bond donors (Lipinski definition) is 2. The number of fused-ring (bicyclic) bond motifs is 5. The zero-order valence-corrected chi connectivity index (χ0v) is 21.2. The van der Waals surface area contributed by atoms with Gasteiger partial charge in [-0.1, -0.05) is 19.4 Å². The molecule has 7 aliphatic rings. The summed E-state index contributed by atoms with van der Waals surface area (Å²) in [5, 5.41) is 20.6. The average molecular weight is 487 g/mol. The Hall–Kier alpha value is -1.28. The predicted molar refractivity (Wildman–Crippen MR) is 124 cm³/mol. The van der Waals surface area contributed by atoms with Gasteiger partial charge in [-0.05, 0) is 81.0 Å². The van der Waals surface area contributed by atoms with E-state index in [4.69, 9.17) is 14.2 Å². The van der Waals surface area contributed by atoms with Crippen LogP contribution in [0.15, 0.2) is 11.1 Å². The Morgan fingerprint density at radius 3 is 2.63 bits per heavy atom. The van der Waals surface area contributed by atoms with E-state index in [1.165, 1.54) is 0 Å². The number of hydrogen-bond acceptors (Lipinski definition) is 7. The van der Waals surface area contributed by atoms with Gasteiger partial charge in [-0.3, -0.25) is 4.79 Å². The van der Waals surface area contributed by atoms with Crippen LogP contribution >= 0.6 is 0 Å². The van der Waals surface area contributed by atoms with E-state index in [0.29, 0.717) is 29.7 Å². The minimum Gasteiger partial charge on any atom is -0.458 e. The highest BCUT2D eigenvalue weighted by atomic mass is 16.7. The second-order valence-electron chi connectivity index (χ2n) is 13.2. The molecule has 35 heavy (non-hydrogen) atoms. The topological polar surface area (TPSA) is 109 Å². The van der Waals surface area contributed by atoms with Gasteiger partial charge >= 0.3 is 5.97 Å². The summed E-state index contributed by atoms with van der Waals surface area (Å²) in [6.07, 6.45) is 4.11. The molecule has 0 aromatic rings. The van der Waals surface area contributed by atoms with Crippen LogP contribution in [0.25, 0.3) is 0 Å². The second kappa shape index (κ2) is 6.97. The first-order chi connectivity index (χ1) is 16.6. The van der Waals surface area contributed by atoms with Crippen LogP contribution in [-0.2, 0) is 23.8 Å². The van der Waals surface area contributed by atoms with E-state index in [-0.39, 0.29) is 53.9 Å². The molecule has 6 fully saturated rings. The number of Topliss-reactive ketones (excluding diaryl/α,β-unsaturated/α-hetero) is 1. The van der Waals surface area contributed by atoms with Crippen LogP contribution < -0.4 is 0 Å². The van der Waals surface area contributed by atoms with Crippen molar-refractivity contribution in [2.24, 2.45) is 40.4 Å². The molecule has 192 valence electrons. The van der Waals surface area contributed by atoms with E-state index in [0.717, 1.165) is 37.7 Å². The third kappa shape index (κ3) is 2.56. The van der Waals surface area contributed by atoms with E-state index in [1.807, 2.05) is 6.92 Å². The highest BCUT2D eigenvalue weighted by molar-refractivity contribution is 5.95. The van der Waals surface area contributed by atoms with E-state index < -0.39 is 23.2 Å². The van der Waals surface area contributed by atoms with Crippen molar-refractivity contribution >= 4 is 11.8 Å². The number of aliphatic hydroxyl groups excluding tert-OH is 2. The van der Waals surface area contributed by atoms with Gasteiger partial charge < -0.3 is 24.4 Å². The van der Waals surface area contributed by atoms with Gasteiger partial charge in [0.05, 0.1) is 23.7 Å². The van der Waals surface area contributed by atoms with Crippen molar-refractivity contribution in [3.63, 3.8) is 0 Å². The lowest BCUT2D eigenvalue weighted by Crippen LogP contribution is -2.67. The maximum absolute atomic E-state index is 13.6. The van der Waals surface area contributed by atoms with Crippen molar-refractivity contribution in [2.45, 2.75) is 102 Å². The van der Waals surface area contributed by atoms with E-state index in [1.54, 1.807) is 0 Å². The molecule has 13 atom stereocenters. The number of ether oxygens (including phenoxy) is 3. The molecule has 2 saturated heterocycles. The number of esters is 1. The number of ketones is 1. The van der Waals surface area contributed by atoms with Crippen LogP contribution in [0.4, 0.5) is 0 Å². The first kappa shape index (κ1) is 22.9. The average Bonchev–Trinajstić information content (AvgIpc) is 3.72. The highest BCUT2D eigenvalue weighted by Gasteiger charge is 2.86. The normalized spacial score (nSPS) is 56.8. The summed E-state index contributed by atoms with van der Waals surface area (Å²) in [6, 6.07) is 0. The molecule has 7 rings (SSSR count). The van der Waals surface area contributed by atoms with Crippen molar-refractivity contribution in [1.29, 1.82) is 0 Å². The standard InChI is InChI=1S/C28H38O7/c1-12-9-19(33-25(32)15(12)11-29)13(2)16-5-6-17-14-10-20-28(35-20)24(31)22-21(34-22)23(30)27(28,4)18(14)7-8-26(16,17)3/h13-14,16-22,24,29,31H,5-11H2,1-4H3. The number of epoxide rings is 2. The summed E-state index contributed by atoms with van der Waals surface area (Å²) in [4.78, 5) is 26.1. The van der Waals surface area contributed by atoms with Crippen LogP contribution in [-0.4, -0.2) is 64.7 Å². The molecule has 0 amide bonds. The van der Waals surface area contributed by atoms with Crippen molar-refractivity contribution in [1.82, 2.24) is 0 Å². The fourth-order valence-corrected chi connectivity index (χ4v) is 10.3. The predicted octanol–water partition coefficient (Wildman–Crippen LogP) is 2.56. The molecule has 3 heterocycles. The molecular formula is C28H38O7. The third-order valence-electron chi connectivity index (χ3n) is 12.3. The minimum atomic E-state index is -0.744.